The molecule has 0 spiro atoms. The normalized spacial score (nSPS) is 15.3. The molecule has 0 unspecified atom stereocenters. The molecule has 0 aromatic heterocycles. The molecular weight excluding hydrogens is 144 g/mol. The molecule has 1 fully saturated rings. The van der Waals surface area contributed by atoms with Crippen molar-refractivity contribution in [1.82, 2.24) is 0 Å². The largest absolute Gasteiger partial charge is 0.103 e. The van der Waals surface area contributed by atoms with Crippen LogP contribution in [0.25, 0.3) is 0 Å². The van der Waals surface area contributed by atoms with Crippen LogP contribution in [0.5, 0.6) is 0 Å². The molecule has 1 rings (SSSR count). The molecule has 0 amide bonds. The molecule has 0 nitrogen and oxygen atoms in total. The average Bonchev–Trinajstić information content (AvgIpc) is 2.60. The zero-order valence-electron chi connectivity index (χ0n) is 9.40. The van der Waals surface area contributed by atoms with Crippen molar-refractivity contribution in [3.8, 4) is 0 Å². The highest BCUT2D eigenvalue weighted by Gasteiger charge is 2.07. The molecule has 74 valence electrons. The fourth-order valence-electron chi connectivity index (χ4n) is 1.13. The van der Waals surface area contributed by atoms with Gasteiger partial charge in [0.1, 0.15) is 0 Å². The predicted octanol–water partition coefficient (Wildman–Crippen LogP) is 4.81. The molecule has 0 N–H and O–H groups in total. The molecule has 0 heterocycles. The van der Waals surface area contributed by atoms with Crippen molar-refractivity contribution in [1.29, 1.82) is 0 Å². The molecule has 0 saturated heterocycles. The first-order valence-electron chi connectivity index (χ1n) is 5.42. The molecule has 0 heteroatoms. The lowest BCUT2D eigenvalue weighted by molar-refractivity contribution is 0.612. The highest BCUT2D eigenvalue weighted by atomic mass is 14.1. The highest BCUT2D eigenvalue weighted by molar-refractivity contribution is 4.60. The Morgan fingerprint density at radius 2 is 1.58 bits per heavy atom. The second-order valence-corrected chi connectivity index (χ2v) is 3.09. The van der Waals surface area contributed by atoms with Crippen LogP contribution in [0.15, 0.2) is 12.7 Å². The van der Waals surface area contributed by atoms with Crippen LogP contribution in [-0.4, -0.2) is 0 Å². The second kappa shape index (κ2) is 13.3. The topological polar surface area (TPSA) is 0 Å². The van der Waals surface area contributed by atoms with Gasteiger partial charge in [0.2, 0.25) is 0 Å². The third kappa shape index (κ3) is 12.4. The minimum atomic E-state index is 1.05. The minimum absolute atomic E-state index is 1.05. The summed E-state index contributed by atoms with van der Waals surface area (Å²) in [6.07, 6.45) is 8.91. The summed E-state index contributed by atoms with van der Waals surface area (Å²) in [7, 11) is 0. The lowest BCUT2D eigenvalue weighted by Gasteiger charge is -1.91. The molecule has 0 aromatic rings. The van der Waals surface area contributed by atoms with Crippen LogP contribution in [0.1, 0.15) is 59.8 Å². The first-order chi connectivity index (χ1) is 5.81. The third-order valence-electron chi connectivity index (χ3n) is 1.93. The fraction of sp³-hybridized carbons (Fsp3) is 0.833. The summed E-state index contributed by atoms with van der Waals surface area (Å²) in [5.74, 6) is 1.05. The van der Waals surface area contributed by atoms with Gasteiger partial charge in [0.15, 0.2) is 0 Å². The van der Waals surface area contributed by atoms with E-state index in [-0.39, 0.29) is 0 Å². The van der Waals surface area contributed by atoms with Crippen molar-refractivity contribution in [2.24, 2.45) is 5.92 Å². The maximum Gasteiger partial charge on any atom is -0.0382 e. The molecule has 1 aliphatic carbocycles. The maximum absolute atomic E-state index is 3.48. The van der Waals surface area contributed by atoms with Crippen molar-refractivity contribution in [3.63, 3.8) is 0 Å². The molecule has 0 bridgehead atoms. The van der Waals surface area contributed by atoms with Crippen molar-refractivity contribution in [3.05, 3.63) is 12.7 Å². The standard InChI is InChI=1S/C6H12.C4H8.C2H6/c1-6-4-2-3-5-6;1-3-4-2;1-2/h6H,2-5H2,1H3;3H,1,4H2,2H3;1-2H3. The molecule has 12 heavy (non-hydrogen) atoms. The van der Waals surface area contributed by atoms with E-state index < -0.39 is 0 Å². The van der Waals surface area contributed by atoms with Gasteiger partial charge in [0.25, 0.3) is 0 Å². The van der Waals surface area contributed by atoms with Crippen molar-refractivity contribution >= 4 is 0 Å². The SMILES string of the molecule is C=CCC.CC.CC1CCCC1. The van der Waals surface area contributed by atoms with E-state index in [1.807, 2.05) is 19.9 Å². The van der Waals surface area contributed by atoms with Gasteiger partial charge in [-0.2, -0.15) is 0 Å². The van der Waals surface area contributed by atoms with E-state index in [1.54, 1.807) is 0 Å². The zero-order valence-corrected chi connectivity index (χ0v) is 9.40. The van der Waals surface area contributed by atoms with Gasteiger partial charge in [-0.25, -0.2) is 0 Å². The maximum atomic E-state index is 3.48. The number of hydrogen-bond donors (Lipinski definition) is 0. The van der Waals surface area contributed by atoms with Crippen molar-refractivity contribution in [2.75, 3.05) is 0 Å². The Hall–Kier alpha value is -0.260. The van der Waals surface area contributed by atoms with E-state index >= 15 is 0 Å². The minimum Gasteiger partial charge on any atom is -0.103 e. The summed E-state index contributed by atoms with van der Waals surface area (Å²) in [5.41, 5.74) is 0. The predicted molar refractivity (Wildman–Crippen MR) is 59.5 cm³/mol. The first-order valence-corrected chi connectivity index (χ1v) is 5.42. The van der Waals surface area contributed by atoms with E-state index in [9.17, 15) is 0 Å². The summed E-state index contributed by atoms with van der Waals surface area (Å²) in [4.78, 5) is 0. The van der Waals surface area contributed by atoms with Gasteiger partial charge in [-0.3, -0.25) is 0 Å². The van der Waals surface area contributed by atoms with Gasteiger partial charge in [0.05, 0.1) is 0 Å². The number of rotatable bonds is 1. The van der Waals surface area contributed by atoms with Crippen LogP contribution in [0, 0.1) is 5.92 Å². The molecule has 0 atom stereocenters. The Morgan fingerprint density at radius 3 is 1.67 bits per heavy atom. The van der Waals surface area contributed by atoms with Crippen LogP contribution < -0.4 is 0 Å². The van der Waals surface area contributed by atoms with Crippen molar-refractivity contribution < 1.29 is 0 Å². The van der Waals surface area contributed by atoms with E-state index in [0.29, 0.717) is 0 Å². The lowest BCUT2D eigenvalue weighted by Crippen LogP contribution is -1.78. The number of allylic oxidation sites excluding steroid dienone is 1. The summed E-state index contributed by atoms with van der Waals surface area (Å²) in [6, 6.07) is 0. The molecule has 1 saturated carbocycles. The van der Waals surface area contributed by atoms with Gasteiger partial charge in [0, 0.05) is 0 Å². The van der Waals surface area contributed by atoms with Gasteiger partial charge in [-0.15, -0.1) is 6.58 Å². The number of hydrogen-bond acceptors (Lipinski definition) is 0. The second-order valence-electron chi connectivity index (χ2n) is 3.09. The Kier molecular flexibility index (Phi) is 15.9. The van der Waals surface area contributed by atoms with E-state index in [4.69, 9.17) is 0 Å². The molecular formula is C12H26. The van der Waals surface area contributed by atoms with Crippen molar-refractivity contribution in [2.45, 2.75) is 59.8 Å². The smallest absolute Gasteiger partial charge is 0.0382 e. The van der Waals surface area contributed by atoms with Gasteiger partial charge in [-0.05, 0) is 12.3 Å². The Balaban J connectivity index is 0. The lowest BCUT2D eigenvalue weighted by atomic mass is 10.2. The Morgan fingerprint density at radius 1 is 1.25 bits per heavy atom. The molecule has 0 aromatic carbocycles. The third-order valence-corrected chi connectivity index (χ3v) is 1.93. The van der Waals surface area contributed by atoms with Gasteiger partial charge < -0.3 is 0 Å². The Labute approximate surface area is 79.1 Å². The summed E-state index contributed by atoms with van der Waals surface area (Å²) in [5, 5.41) is 0. The highest BCUT2D eigenvalue weighted by Crippen LogP contribution is 2.22. The van der Waals surface area contributed by atoms with Gasteiger partial charge in [-0.1, -0.05) is 59.5 Å². The van der Waals surface area contributed by atoms with E-state index in [0.717, 1.165) is 12.3 Å². The molecule has 0 aliphatic heterocycles. The van der Waals surface area contributed by atoms with E-state index in [1.165, 1.54) is 25.7 Å². The average molecular weight is 170 g/mol. The van der Waals surface area contributed by atoms with Crippen LogP contribution in [-0.2, 0) is 0 Å². The quantitative estimate of drug-likeness (QED) is 0.496. The van der Waals surface area contributed by atoms with E-state index in [2.05, 4.69) is 20.4 Å². The summed E-state index contributed by atoms with van der Waals surface area (Å²) < 4.78 is 0. The summed E-state index contributed by atoms with van der Waals surface area (Å²) >= 11 is 0. The zero-order chi connectivity index (χ0) is 9.82. The summed E-state index contributed by atoms with van der Waals surface area (Å²) in [6.45, 7) is 11.9. The molecule has 0 radical (unpaired) electrons. The Bertz CT molecular complexity index is 68.1. The first kappa shape index (κ1) is 14.3. The molecule has 1 aliphatic rings. The fourth-order valence-corrected chi connectivity index (χ4v) is 1.13. The van der Waals surface area contributed by atoms with Crippen LogP contribution >= 0.6 is 0 Å². The van der Waals surface area contributed by atoms with Crippen LogP contribution in [0.3, 0.4) is 0 Å². The van der Waals surface area contributed by atoms with Gasteiger partial charge >= 0.3 is 0 Å². The van der Waals surface area contributed by atoms with Crippen LogP contribution in [0.2, 0.25) is 0 Å². The monoisotopic (exact) mass is 170 g/mol. The van der Waals surface area contributed by atoms with Crippen LogP contribution in [0.4, 0.5) is 0 Å².